The molecule has 24 heavy (non-hydrogen) atoms. The van der Waals surface area contributed by atoms with Crippen LogP contribution >= 0.6 is 0 Å². The number of nitrogens with one attached hydrogen (secondary N) is 3. The van der Waals surface area contributed by atoms with E-state index in [4.69, 9.17) is 0 Å². The molecule has 2 aromatic rings. The molecule has 1 aromatic heterocycles. The molecule has 1 saturated carbocycles. The quantitative estimate of drug-likeness (QED) is 0.809. The maximum atomic E-state index is 12.9. The largest absolute Gasteiger partial charge is 0.361 e. The first-order chi connectivity index (χ1) is 11.7. The van der Waals surface area contributed by atoms with Crippen LogP contribution in [0.4, 0.5) is 0 Å². The minimum Gasteiger partial charge on any atom is -0.361 e. The van der Waals surface area contributed by atoms with Crippen LogP contribution in [0.1, 0.15) is 36.8 Å². The second-order valence-corrected chi connectivity index (χ2v) is 7.55. The summed E-state index contributed by atoms with van der Waals surface area (Å²) in [4.78, 5) is 16.2. The van der Waals surface area contributed by atoms with Gasteiger partial charge < -0.3 is 15.6 Å². The molecule has 1 amide bonds. The van der Waals surface area contributed by atoms with Gasteiger partial charge in [0.25, 0.3) is 0 Å². The van der Waals surface area contributed by atoms with Gasteiger partial charge in [0.15, 0.2) is 0 Å². The van der Waals surface area contributed by atoms with E-state index in [-0.39, 0.29) is 11.3 Å². The van der Waals surface area contributed by atoms with E-state index in [1.807, 2.05) is 0 Å². The Bertz CT molecular complexity index is 750. The summed E-state index contributed by atoms with van der Waals surface area (Å²) in [5.41, 5.74) is 3.63. The molecule has 1 saturated heterocycles. The summed E-state index contributed by atoms with van der Waals surface area (Å²) in [6, 6.07) is 6.34. The van der Waals surface area contributed by atoms with Crippen LogP contribution in [0.2, 0.25) is 0 Å². The van der Waals surface area contributed by atoms with Crippen molar-refractivity contribution < 1.29 is 4.79 Å². The van der Waals surface area contributed by atoms with E-state index < -0.39 is 0 Å². The van der Waals surface area contributed by atoms with Crippen molar-refractivity contribution in [2.75, 3.05) is 19.6 Å². The van der Waals surface area contributed by atoms with Crippen LogP contribution in [0.15, 0.2) is 24.4 Å². The van der Waals surface area contributed by atoms with Gasteiger partial charge in [-0.25, -0.2) is 0 Å². The van der Waals surface area contributed by atoms with Crippen molar-refractivity contribution in [1.29, 1.82) is 0 Å². The van der Waals surface area contributed by atoms with Gasteiger partial charge in [0.2, 0.25) is 5.91 Å². The fourth-order valence-electron chi connectivity index (χ4n) is 4.83. The van der Waals surface area contributed by atoms with Crippen LogP contribution in [-0.4, -0.2) is 30.5 Å². The van der Waals surface area contributed by atoms with Crippen molar-refractivity contribution in [3.8, 4) is 0 Å². The highest BCUT2D eigenvalue weighted by molar-refractivity contribution is 5.87. The highest BCUT2D eigenvalue weighted by Gasteiger charge is 2.49. The van der Waals surface area contributed by atoms with Crippen LogP contribution in [0.3, 0.4) is 0 Å². The zero-order chi connectivity index (χ0) is 16.6. The molecule has 2 atom stereocenters. The molecule has 2 aliphatic rings. The molecule has 1 aromatic carbocycles. The van der Waals surface area contributed by atoms with E-state index in [0.29, 0.717) is 12.5 Å². The summed E-state index contributed by atoms with van der Waals surface area (Å²) in [5, 5.41) is 8.01. The molecular formula is C20H27N3O. The second-order valence-electron chi connectivity index (χ2n) is 7.55. The number of benzene rings is 1. The lowest BCUT2D eigenvalue weighted by molar-refractivity contribution is -0.133. The Balaban J connectivity index is 1.42. The van der Waals surface area contributed by atoms with E-state index in [1.54, 1.807) is 0 Å². The van der Waals surface area contributed by atoms with Crippen molar-refractivity contribution >= 4 is 16.8 Å². The summed E-state index contributed by atoms with van der Waals surface area (Å²) in [7, 11) is 0. The Morgan fingerprint density at radius 1 is 1.38 bits per heavy atom. The Morgan fingerprint density at radius 3 is 3.21 bits per heavy atom. The monoisotopic (exact) mass is 325 g/mol. The standard InChI is InChI=1S/C20H27N3O/c1-14-5-4-7-17-18(14)15(11-23-17)8-10-22-19(24)20-9-3-2-6-16(20)12-21-13-20/h4-5,7,11,16,21,23H,2-3,6,8-10,12-13H2,1H3,(H,22,24)/t16-,20+/m0/s1. The summed E-state index contributed by atoms with van der Waals surface area (Å²) >= 11 is 0. The van der Waals surface area contributed by atoms with Gasteiger partial charge in [-0.3, -0.25) is 4.79 Å². The number of amides is 1. The number of aromatic amines is 1. The number of H-pyrrole nitrogens is 1. The number of aryl methyl sites for hydroxylation is 1. The van der Waals surface area contributed by atoms with Gasteiger partial charge in [0.05, 0.1) is 5.41 Å². The lowest BCUT2D eigenvalue weighted by Gasteiger charge is -2.37. The lowest BCUT2D eigenvalue weighted by atomic mass is 9.67. The van der Waals surface area contributed by atoms with Crippen LogP contribution in [-0.2, 0) is 11.2 Å². The third-order valence-electron chi connectivity index (χ3n) is 6.17. The highest BCUT2D eigenvalue weighted by Crippen LogP contribution is 2.43. The molecule has 3 N–H and O–H groups in total. The topological polar surface area (TPSA) is 56.9 Å². The zero-order valence-corrected chi connectivity index (χ0v) is 14.5. The van der Waals surface area contributed by atoms with Crippen molar-refractivity contribution in [2.45, 2.75) is 39.0 Å². The molecule has 128 valence electrons. The molecule has 2 heterocycles. The Kier molecular flexibility index (Phi) is 4.09. The zero-order valence-electron chi connectivity index (χ0n) is 14.5. The minimum atomic E-state index is -0.144. The second kappa shape index (κ2) is 6.25. The average Bonchev–Trinajstić information content (AvgIpc) is 3.20. The number of hydrogen-bond donors (Lipinski definition) is 3. The van der Waals surface area contributed by atoms with Crippen molar-refractivity contribution in [1.82, 2.24) is 15.6 Å². The number of rotatable bonds is 4. The van der Waals surface area contributed by atoms with E-state index >= 15 is 0 Å². The molecule has 0 radical (unpaired) electrons. The maximum Gasteiger partial charge on any atom is 0.227 e. The summed E-state index contributed by atoms with van der Waals surface area (Å²) in [6.45, 7) is 4.73. The lowest BCUT2D eigenvalue weighted by Crippen LogP contribution is -2.48. The predicted molar refractivity (Wildman–Crippen MR) is 97.0 cm³/mol. The fraction of sp³-hybridized carbons (Fsp3) is 0.550. The molecule has 0 spiro atoms. The smallest absolute Gasteiger partial charge is 0.227 e. The van der Waals surface area contributed by atoms with Gasteiger partial charge in [-0.05, 0) is 55.8 Å². The van der Waals surface area contributed by atoms with Crippen LogP contribution < -0.4 is 10.6 Å². The number of carbonyl (C=O) groups is 1. The van der Waals surface area contributed by atoms with Gasteiger partial charge in [-0.15, -0.1) is 0 Å². The number of aromatic nitrogens is 1. The Morgan fingerprint density at radius 2 is 2.29 bits per heavy atom. The van der Waals surface area contributed by atoms with Gasteiger partial charge in [-0.2, -0.15) is 0 Å². The number of hydrogen-bond acceptors (Lipinski definition) is 2. The van der Waals surface area contributed by atoms with E-state index in [1.165, 1.54) is 41.3 Å². The fourth-order valence-corrected chi connectivity index (χ4v) is 4.83. The van der Waals surface area contributed by atoms with Crippen LogP contribution in [0, 0.1) is 18.3 Å². The van der Waals surface area contributed by atoms with Crippen LogP contribution in [0.25, 0.3) is 10.9 Å². The minimum absolute atomic E-state index is 0.144. The van der Waals surface area contributed by atoms with Gasteiger partial charge in [0, 0.05) is 30.2 Å². The normalized spacial score (nSPS) is 26.5. The van der Waals surface area contributed by atoms with Gasteiger partial charge in [-0.1, -0.05) is 25.0 Å². The molecular weight excluding hydrogens is 298 g/mol. The summed E-state index contributed by atoms with van der Waals surface area (Å²) < 4.78 is 0. The van der Waals surface area contributed by atoms with Crippen molar-refractivity contribution in [3.05, 3.63) is 35.5 Å². The van der Waals surface area contributed by atoms with E-state index in [0.717, 1.165) is 25.9 Å². The molecule has 1 aliphatic heterocycles. The first-order valence-electron chi connectivity index (χ1n) is 9.25. The van der Waals surface area contributed by atoms with Gasteiger partial charge >= 0.3 is 0 Å². The summed E-state index contributed by atoms with van der Waals surface area (Å²) in [6.07, 6.45) is 7.67. The summed E-state index contributed by atoms with van der Waals surface area (Å²) in [5.74, 6) is 0.801. The van der Waals surface area contributed by atoms with Crippen molar-refractivity contribution in [2.24, 2.45) is 11.3 Å². The molecule has 0 unspecified atom stereocenters. The molecule has 4 rings (SSSR count). The molecule has 4 nitrogen and oxygen atoms in total. The third kappa shape index (κ3) is 2.53. The molecule has 4 heteroatoms. The van der Waals surface area contributed by atoms with E-state index in [2.05, 4.69) is 46.9 Å². The maximum absolute atomic E-state index is 12.9. The van der Waals surface area contributed by atoms with E-state index in [9.17, 15) is 4.79 Å². The molecule has 2 fully saturated rings. The number of carbonyl (C=O) groups excluding carboxylic acids is 1. The number of fused-ring (bicyclic) bond motifs is 2. The SMILES string of the molecule is Cc1cccc2[nH]cc(CCNC(=O)[C@@]34CCCC[C@H]3CNC4)c12. The highest BCUT2D eigenvalue weighted by atomic mass is 16.2. The van der Waals surface area contributed by atoms with Crippen LogP contribution in [0.5, 0.6) is 0 Å². The third-order valence-corrected chi connectivity index (χ3v) is 6.17. The first-order valence-corrected chi connectivity index (χ1v) is 9.25. The average molecular weight is 325 g/mol. The van der Waals surface area contributed by atoms with Crippen molar-refractivity contribution in [3.63, 3.8) is 0 Å². The Hall–Kier alpha value is -1.81. The molecule has 0 bridgehead atoms. The first kappa shape index (κ1) is 15.7. The molecule has 1 aliphatic carbocycles. The Labute approximate surface area is 143 Å². The van der Waals surface area contributed by atoms with Gasteiger partial charge in [0.1, 0.15) is 0 Å². The predicted octanol–water partition coefficient (Wildman–Crippen LogP) is 2.91.